The molecule has 0 heterocycles. The van der Waals surface area contributed by atoms with E-state index in [1.165, 1.54) is 24.3 Å². The van der Waals surface area contributed by atoms with Crippen molar-refractivity contribution in [1.29, 1.82) is 5.26 Å². The zero-order valence-electron chi connectivity index (χ0n) is 10.5. The van der Waals surface area contributed by atoms with E-state index < -0.39 is 10.0 Å². The minimum atomic E-state index is -3.80. The molecule has 0 aliphatic carbocycles. The Morgan fingerprint density at radius 1 is 1.10 bits per heavy atom. The van der Waals surface area contributed by atoms with Gasteiger partial charge in [-0.2, -0.15) is 5.26 Å². The van der Waals surface area contributed by atoms with Gasteiger partial charge in [0.25, 0.3) is 10.0 Å². The highest BCUT2D eigenvalue weighted by Crippen LogP contribution is 2.29. The number of halogens is 2. The Hall–Kier alpha value is -1.56. The Kier molecular flexibility index (Phi) is 4.56. The zero-order valence-corrected chi connectivity index (χ0v) is 14.5. The summed E-state index contributed by atoms with van der Waals surface area (Å²) < 4.78 is 28.1. The lowest BCUT2D eigenvalue weighted by Gasteiger charge is -2.11. The molecule has 0 atom stereocenters. The molecule has 2 aromatic rings. The van der Waals surface area contributed by atoms with Gasteiger partial charge in [0.1, 0.15) is 4.90 Å². The Bertz CT molecular complexity index is 845. The normalized spacial score (nSPS) is 10.9. The van der Waals surface area contributed by atoms with Crippen LogP contribution in [-0.4, -0.2) is 8.42 Å². The van der Waals surface area contributed by atoms with E-state index in [2.05, 4.69) is 36.6 Å². The fraction of sp³-hybridized carbons (Fsp3) is 0. The Balaban J connectivity index is 2.43. The Morgan fingerprint density at radius 2 is 1.81 bits per heavy atom. The second-order valence-corrected chi connectivity index (χ2v) is 7.46. The Labute approximate surface area is 139 Å². The summed E-state index contributed by atoms with van der Waals surface area (Å²) in [7, 11) is -3.80. The van der Waals surface area contributed by atoms with E-state index in [-0.39, 0.29) is 4.90 Å². The number of nitrogens with zero attached hydrogens (tertiary/aromatic N) is 1. The maximum absolute atomic E-state index is 12.4. The number of hydrogen-bond donors (Lipinski definition) is 2. The predicted octanol–water partition coefficient (Wildman–Crippen LogP) is 3.47. The first-order valence-electron chi connectivity index (χ1n) is 5.61. The number of rotatable bonds is 3. The lowest BCUT2D eigenvalue weighted by atomic mass is 10.2. The molecule has 0 bridgehead atoms. The summed E-state index contributed by atoms with van der Waals surface area (Å²) in [6, 6.07) is 11.1. The van der Waals surface area contributed by atoms with E-state index in [4.69, 9.17) is 11.0 Å². The standard InChI is InChI=1S/C13H9Br2N3O2S/c14-10-3-2-9(17)6-13(10)21(19,20)18-12-4-1-8(7-16)5-11(12)15/h1-6,18H,17H2. The van der Waals surface area contributed by atoms with Crippen molar-refractivity contribution >= 4 is 53.3 Å². The molecule has 108 valence electrons. The Morgan fingerprint density at radius 3 is 2.43 bits per heavy atom. The van der Waals surface area contributed by atoms with Crippen molar-refractivity contribution < 1.29 is 8.42 Å². The molecule has 0 aliphatic heterocycles. The van der Waals surface area contributed by atoms with Crippen LogP contribution in [0.1, 0.15) is 5.56 Å². The van der Waals surface area contributed by atoms with Gasteiger partial charge in [-0.15, -0.1) is 0 Å². The second kappa shape index (κ2) is 6.05. The minimum absolute atomic E-state index is 0.0405. The first-order chi connectivity index (χ1) is 9.83. The minimum Gasteiger partial charge on any atom is -0.399 e. The van der Waals surface area contributed by atoms with Gasteiger partial charge in [0.05, 0.1) is 17.3 Å². The number of sulfonamides is 1. The van der Waals surface area contributed by atoms with Crippen molar-refractivity contribution in [2.75, 3.05) is 10.5 Å². The molecule has 2 aromatic carbocycles. The molecule has 0 radical (unpaired) electrons. The van der Waals surface area contributed by atoms with Gasteiger partial charge in [-0.1, -0.05) is 0 Å². The molecule has 0 unspecified atom stereocenters. The van der Waals surface area contributed by atoms with E-state index in [1.54, 1.807) is 12.1 Å². The highest BCUT2D eigenvalue weighted by molar-refractivity contribution is 9.11. The van der Waals surface area contributed by atoms with Gasteiger partial charge in [0.2, 0.25) is 0 Å². The molecule has 0 saturated heterocycles. The van der Waals surface area contributed by atoms with Gasteiger partial charge in [0, 0.05) is 14.6 Å². The van der Waals surface area contributed by atoms with Crippen molar-refractivity contribution in [3.05, 3.63) is 50.9 Å². The molecule has 0 amide bonds. The van der Waals surface area contributed by atoms with Crippen LogP contribution in [0, 0.1) is 11.3 Å². The number of hydrogen-bond acceptors (Lipinski definition) is 4. The number of nitrogens with one attached hydrogen (secondary N) is 1. The molecule has 0 aromatic heterocycles. The van der Waals surface area contributed by atoms with Crippen LogP contribution in [-0.2, 0) is 10.0 Å². The first kappa shape index (κ1) is 15.8. The van der Waals surface area contributed by atoms with Crippen LogP contribution in [0.15, 0.2) is 50.2 Å². The molecule has 2 rings (SSSR count). The maximum atomic E-state index is 12.4. The lowest BCUT2D eigenvalue weighted by molar-refractivity contribution is 0.601. The maximum Gasteiger partial charge on any atom is 0.263 e. The van der Waals surface area contributed by atoms with Gasteiger partial charge in [-0.3, -0.25) is 4.72 Å². The van der Waals surface area contributed by atoms with Gasteiger partial charge < -0.3 is 5.73 Å². The largest absolute Gasteiger partial charge is 0.399 e. The van der Waals surface area contributed by atoms with Crippen LogP contribution < -0.4 is 10.5 Å². The molecule has 0 aliphatic rings. The lowest BCUT2D eigenvalue weighted by Crippen LogP contribution is -2.14. The van der Waals surface area contributed by atoms with E-state index >= 15 is 0 Å². The van der Waals surface area contributed by atoms with Crippen LogP contribution in [0.2, 0.25) is 0 Å². The number of nitrogen functional groups attached to an aromatic ring is 1. The van der Waals surface area contributed by atoms with E-state index in [0.29, 0.717) is 25.9 Å². The summed E-state index contributed by atoms with van der Waals surface area (Å²) >= 11 is 6.42. The number of benzene rings is 2. The molecule has 0 fully saturated rings. The molecule has 0 spiro atoms. The van der Waals surface area contributed by atoms with Gasteiger partial charge in [-0.05, 0) is 68.3 Å². The topological polar surface area (TPSA) is 96.0 Å². The fourth-order valence-corrected chi connectivity index (χ4v) is 4.28. The quantitative estimate of drug-likeness (QED) is 0.728. The van der Waals surface area contributed by atoms with Gasteiger partial charge in [-0.25, -0.2) is 8.42 Å². The first-order valence-corrected chi connectivity index (χ1v) is 8.68. The van der Waals surface area contributed by atoms with Crippen molar-refractivity contribution in [2.45, 2.75) is 4.90 Å². The number of anilines is 2. The summed E-state index contributed by atoms with van der Waals surface area (Å²) in [5, 5.41) is 8.80. The van der Waals surface area contributed by atoms with Crippen molar-refractivity contribution in [1.82, 2.24) is 0 Å². The molecule has 5 nitrogen and oxygen atoms in total. The molecule has 3 N–H and O–H groups in total. The van der Waals surface area contributed by atoms with Gasteiger partial charge in [0.15, 0.2) is 0 Å². The molecule has 21 heavy (non-hydrogen) atoms. The fourth-order valence-electron chi connectivity index (χ4n) is 1.59. The smallest absolute Gasteiger partial charge is 0.263 e. The summed E-state index contributed by atoms with van der Waals surface area (Å²) in [6.07, 6.45) is 0. The average molecular weight is 431 g/mol. The zero-order chi connectivity index (χ0) is 15.6. The SMILES string of the molecule is N#Cc1ccc(NS(=O)(=O)c2cc(N)ccc2Br)c(Br)c1. The molecular formula is C13H9Br2N3O2S. The predicted molar refractivity (Wildman–Crippen MR) is 88.2 cm³/mol. The van der Waals surface area contributed by atoms with Gasteiger partial charge >= 0.3 is 0 Å². The van der Waals surface area contributed by atoms with Crippen LogP contribution in [0.3, 0.4) is 0 Å². The van der Waals surface area contributed by atoms with E-state index in [1.807, 2.05) is 6.07 Å². The van der Waals surface area contributed by atoms with Crippen molar-refractivity contribution in [3.63, 3.8) is 0 Å². The van der Waals surface area contributed by atoms with Crippen LogP contribution in [0.25, 0.3) is 0 Å². The molecular weight excluding hydrogens is 422 g/mol. The molecule has 8 heteroatoms. The van der Waals surface area contributed by atoms with Crippen LogP contribution >= 0.6 is 31.9 Å². The summed E-state index contributed by atoms with van der Waals surface area (Å²) in [5.74, 6) is 0. The number of nitriles is 1. The summed E-state index contributed by atoms with van der Waals surface area (Å²) in [4.78, 5) is 0.0405. The van der Waals surface area contributed by atoms with Crippen molar-refractivity contribution in [3.8, 4) is 6.07 Å². The van der Waals surface area contributed by atoms with Crippen LogP contribution in [0.4, 0.5) is 11.4 Å². The third-order valence-electron chi connectivity index (χ3n) is 2.59. The highest BCUT2D eigenvalue weighted by Gasteiger charge is 2.19. The van der Waals surface area contributed by atoms with E-state index in [0.717, 1.165) is 0 Å². The van der Waals surface area contributed by atoms with Crippen molar-refractivity contribution in [2.24, 2.45) is 0 Å². The van der Waals surface area contributed by atoms with Crippen LogP contribution in [0.5, 0.6) is 0 Å². The highest BCUT2D eigenvalue weighted by atomic mass is 79.9. The average Bonchev–Trinajstić information content (AvgIpc) is 2.43. The number of nitrogens with two attached hydrogens (primary N) is 1. The monoisotopic (exact) mass is 429 g/mol. The summed E-state index contributed by atoms with van der Waals surface area (Å²) in [6.45, 7) is 0. The summed E-state index contributed by atoms with van der Waals surface area (Å²) in [5.41, 5.74) is 6.73. The third kappa shape index (κ3) is 3.56. The molecule has 0 saturated carbocycles. The second-order valence-electron chi connectivity index (χ2n) is 4.10. The third-order valence-corrected chi connectivity index (χ3v) is 5.60. The van der Waals surface area contributed by atoms with E-state index in [9.17, 15) is 8.42 Å².